The van der Waals surface area contributed by atoms with Gasteiger partial charge in [0.05, 0.1) is 19.6 Å². The Kier molecular flexibility index (Phi) is 4.63. The minimum Gasteiger partial charge on any atom is -0.493 e. The quantitative estimate of drug-likeness (QED) is 0.902. The molecule has 0 aliphatic rings. The number of carbonyl (C=O) groups is 1. The number of benzene rings is 1. The average Bonchev–Trinajstić information content (AvgIpc) is 2.38. The zero-order valence-electron chi connectivity index (χ0n) is 12.8. The fourth-order valence-electron chi connectivity index (χ4n) is 2.18. The van der Waals surface area contributed by atoms with Crippen LogP contribution >= 0.6 is 0 Å². The topological polar surface area (TPSA) is 55.8 Å². The minimum absolute atomic E-state index is 0.158. The molecular formula is C15H21FO4. The zero-order chi connectivity index (χ0) is 15.7. The molecule has 0 radical (unpaired) electrons. The molecule has 0 unspecified atom stereocenters. The lowest BCUT2D eigenvalue weighted by atomic mass is 9.83. The number of halogens is 1. The van der Waals surface area contributed by atoms with E-state index < -0.39 is 11.4 Å². The lowest BCUT2D eigenvalue weighted by Crippen LogP contribution is -2.27. The molecule has 1 aromatic rings. The highest BCUT2D eigenvalue weighted by Crippen LogP contribution is 2.41. The van der Waals surface area contributed by atoms with Crippen molar-refractivity contribution in [3.05, 3.63) is 22.5 Å². The first kappa shape index (κ1) is 16.3. The number of hydrogen-bond donors (Lipinski definition) is 1. The molecule has 4 nitrogen and oxygen atoms in total. The molecule has 112 valence electrons. The van der Waals surface area contributed by atoms with Crippen molar-refractivity contribution in [3.63, 3.8) is 0 Å². The molecule has 0 spiro atoms. The van der Waals surface area contributed by atoms with Crippen molar-refractivity contribution in [1.29, 1.82) is 0 Å². The van der Waals surface area contributed by atoms with E-state index in [1.165, 1.54) is 14.2 Å². The minimum atomic E-state index is -1.02. The van der Waals surface area contributed by atoms with E-state index in [0.717, 1.165) is 0 Å². The van der Waals surface area contributed by atoms with Crippen molar-refractivity contribution >= 4 is 5.97 Å². The van der Waals surface area contributed by atoms with Gasteiger partial charge in [0.15, 0.2) is 11.5 Å². The van der Waals surface area contributed by atoms with E-state index in [9.17, 15) is 14.3 Å². The van der Waals surface area contributed by atoms with Crippen molar-refractivity contribution < 1.29 is 23.8 Å². The van der Waals surface area contributed by atoms with Crippen LogP contribution in [0.5, 0.6) is 11.5 Å². The van der Waals surface area contributed by atoms with Crippen LogP contribution in [-0.4, -0.2) is 25.3 Å². The van der Waals surface area contributed by atoms with E-state index in [0.29, 0.717) is 28.2 Å². The second-order valence-electron chi connectivity index (χ2n) is 5.47. The lowest BCUT2D eigenvalue weighted by molar-refractivity contribution is -0.146. The number of ether oxygens (including phenoxy) is 2. The van der Waals surface area contributed by atoms with Gasteiger partial charge in [0.25, 0.3) is 0 Å². The van der Waals surface area contributed by atoms with E-state index in [-0.39, 0.29) is 12.2 Å². The van der Waals surface area contributed by atoms with Gasteiger partial charge in [-0.05, 0) is 39.7 Å². The van der Waals surface area contributed by atoms with E-state index >= 15 is 0 Å². The molecule has 0 aliphatic heterocycles. The third-order valence-electron chi connectivity index (χ3n) is 3.54. The largest absolute Gasteiger partial charge is 0.493 e. The van der Waals surface area contributed by atoms with Crippen LogP contribution in [-0.2, 0) is 11.2 Å². The lowest BCUT2D eigenvalue weighted by Gasteiger charge is -2.24. The molecule has 0 atom stereocenters. The molecule has 0 saturated heterocycles. The summed E-state index contributed by atoms with van der Waals surface area (Å²) in [6.07, 6.45) is 0.158. The standard InChI is InChI=1S/C15H21FO4/c1-8-10(7-15(3,4)14(17)18)13(20-6)12(19-5)9(2)11(8)16/h7H2,1-6H3,(H,17,18). The number of carboxylic acids is 1. The van der Waals surface area contributed by atoms with Crippen LogP contribution in [0.2, 0.25) is 0 Å². The van der Waals surface area contributed by atoms with Crippen molar-refractivity contribution in [2.75, 3.05) is 14.2 Å². The predicted octanol–water partition coefficient (Wildman–Crippen LogP) is 3.11. The van der Waals surface area contributed by atoms with Gasteiger partial charge in [-0.25, -0.2) is 4.39 Å². The third kappa shape index (κ3) is 2.71. The van der Waals surface area contributed by atoms with Crippen molar-refractivity contribution in [3.8, 4) is 11.5 Å². The normalized spacial score (nSPS) is 11.3. The maximum absolute atomic E-state index is 14.2. The summed E-state index contributed by atoms with van der Waals surface area (Å²) in [5.74, 6) is -0.622. The molecule has 0 fully saturated rings. The molecule has 0 amide bonds. The Morgan fingerprint density at radius 3 is 2.05 bits per heavy atom. The molecule has 0 saturated carbocycles. The highest BCUT2D eigenvalue weighted by atomic mass is 19.1. The molecule has 1 rings (SSSR count). The maximum atomic E-state index is 14.2. The fourth-order valence-corrected chi connectivity index (χ4v) is 2.18. The Bertz CT molecular complexity index is 535. The van der Waals surface area contributed by atoms with Crippen LogP contribution < -0.4 is 9.47 Å². The number of carboxylic acid groups (broad SMARTS) is 1. The molecule has 0 aromatic heterocycles. The molecule has 1 aromatic carbocycles. The van der Waals surface area contributed by atoms with Gasteiger partial charge in [0.1, 0.15) is 5.82 Å². The zero-order valence-corrected chi connectivity index (χ0v) is 12.8. The Labute approximate surface area is 118 Å². The second-order valence-corrected chi connectivity index (χ2v) is 5.47. The van der Waals surface area contributed by atoms with Gasteiger partial charge in [-0.2, -0.15) is 0 Å². The van der Waals surface area contributed by atoms with E-state index in [2.05, 4.69) is 0 Å². The first-order valence-corrected chi connectivity index (χ1v) is 6.30. The Morgan fingerprint density at radius 2 is 1.65 bits per heavy atom. The van der Waals surface area contributed by atoms with E-state index in [1.807, 2.05) is 0 Å². The van der Waals surface area contributed by atoms with Crippen molar-refractivity contribution in [2.24, 2.45) is 5.41 Å². The second kappa shape index (κ2) is 5.69. The van der Waals surface area contributed by atoms with Gasteiger partial charge in [-0.3, -0.25) is 4.79 Å². The highest BCUT2D eigenvalue weighted by Gasteiger charge is 2.32. The summed E-state index contributed by atoms with van der Waals surface area (Å²) in [7, 11) is 2.90. The molecule has 1 N–H and O–H groups in total. The first-order valence-electron chi connectivity index (χ1n) is 6.30. The molecule has 5 heteroatoms. The summed E-state index contributed by atoms with van der Waals surface area (Å²) < 4.78 is 24.8. The van der Waals surface area contributed by atoms with Gasteiger partial charge in [0, 0.05) is 11.1 Å². The van der Waals surface area contributed by atoms with Crippen molar-refractivity contribution in [1.82, 2.24) is 0 Å². The van der Waals surface area contributed by atoms with Gasteiger partial charge < -0.3 is 14.6 Å². The molecular weight excluding hydrogens is 263 g/mol. The number of aliphatic carboxylic acids is 1. The summed E-state index contributed by atoms with van der Waals surface area (Å²) in [5.41, 5.74) is 0.262. The third-order valence-corrected chi connectivity index (χ3v) is 3.54. The van der Waals surface area contributed by atoms with Crippen LogP contribution in [0, 0.1) is 25.1 Å². The summed E-state index contributed by atoms with van der Waals surface area (Å²) in [6, 6.07) is 0. The average molecular weight is 284 g/mol. The number of hydrogen-bond acceptors (Lipinski definition) is 3. The van der Waals surface area contributed by atoms with Crippen LogP contribution in [0.3, 0.4) is 0 Å². The Hall–Kier alpha value is -1.78. The molecule has 0 aliphatic carbocycles. The molecule has 0 bridgehead atoms. The van der Waals surface area contributed by atoms with E-state index in [1.54, 1.807) is 27.7 Å². The van der Waals surface area contributed by atoms with Crippen LogP contribution in [0.4, 0.5) is 4.39 Å². The number of methoxy groups -OCH3 is 2. The Morgan fingerprint density at radius 1 is 1.15 bits per heavy atom. The van der Waals surface area contributed by atoms with E-state index in [4.69, 9.17) is 9.47 Å². The number of rotatable bonds is 5. The van der Waals surface area contributed by atoms with Gasteiger partial charge in [-0.15, -0.1) is 0 Å². The highest BCUT2D eigenvalue weighted by molar-refractivity contribution is 5.74. The van der Waals surface area contributed by atoms with Crippen LogP contribution in [0.25, 0.3) is 0 Å². The maximum Gasteiger partial charge on any atom is 0.309 e. The SMILES string of the molecule is COc1c(C)c(F)c(C)c(CC(C)(C)C(=O)O)c1OC. The summed E-state index contributed by atoms with van der Waals surface area (Å²) in [4.78, 5) is 11.3. The van der Waals surface area contributed by atoms with Gasteiger partial charge >= 0.3 is 5.97 Å². The summed E-state index contributed by atoms with van der Waals surface area (Å²) in [6.45, 7) is 6.42. The first-order chi connectivity index (χ1) is 9.17. The molecule has 20 heavy (non-hydrogen) atoms. The van der Waals surface area contributed by atoms with Crippen LogP contribution in [0.15, 0.2) is 0 Å². The van der Waals surface area contributed by atoms with Gasteiger partial charge in [0.2, 0.25) is 0 Å². The molecule has 0 heterocycles. The predicted molar refractivity (Wildman–Crippen MR) is 74.1 cm³/mol. The van der Waals surface area contributed by atoms with Gasteiger partial charge in [-0.1, -0.05) is 0 Å². The Balaban J connectivity index is 3.53. The summed E-state index contributed by atoms with van der Waals surface area (Å²) >= 11 is 0. The van der Waals surface area contributed by atoms with Crippen molar-refractivity contribution in [2.45, 2.75) is 34.1 Å². The fraction of sp³-hybridized carbons (Fsp3) is 0.533. The monoisotopic (exact) mass is 284 g/mol. The van der Waals surface area contributed by atoms with Crippen LogP contribution in [0.1, 0.15) is 30.5 Å². The smallest absolute Gasteiger partial charge is 0.309 e. The summed E-state index contributed by atoms with van der Waals surface area (Å²) in [5, 5.41) is 9.24.